The fourth-order valence-electron chi connectivity index (χ4n) is 17.7. The molecule has 123 heavy (non-hydrogen) atoms. The van der Waals surface area contributed by atoms with Gasteiger partial charge in [0.05, 0.1) is 16.6 Å². The summed E-state index contributed by atoms with van der Waals surface area (Å²) >= 11 is 0. The number of aryl methyl sites for hydroxylation is 6. The summed E-state index contributed by atoms with van der Waals surface area (Å²) < 4.78 is 69.1. The van der Waals surface area contributed by atoms with Crippen LogP contribution in [-0.2, 0) is 94.0 Å². The Hall–Kier alpha value is -6.87. The van der Waals surface area contributed by atoms with E-state index in [4.69, 9.17) is 27.3 Å². The number of Topliss-reactive ketones (excluding diaryl/α,β-unsaturated/α-hetero) is 3. The summed E-state index contributed by atoms with van der Waals surface area (Å²) in [6.45, 7) is 28.9. The molecule has 3 heterocycles. The number of carbonyl (C=O) groups is 3. The molecule has 12 rings (SSSR count). The summed E-state index contributed by atoms with van der Waals surface area (Å²) in [6.07, 6.45) is 29.9. The van der Waals surface area contributed by atoms with Crippen molar-refractivity contribution in [3.63, 3.8) is 0 Å². The molecule has 0 saturated heterocycles. The predicted octanol–water partition coefficient (Wildman–Crippen LogP) is 30.9. The van der Waals surface area contributed by atoms with Crippen LogP contribution in [0.25, 0.3) is 66.5 Å². The molecule has 9 nitrogen and oxygen atoms in total. The number of benzene rings is 6. The van der Waals surface area contributed by atoms with Gasteiger partial charge in [-0.1, -0.05) is 274 Å². The maximum absolute atomic E-state index is 12.1. The van der Waals surface area contributed by atoms with Crippen LogP contribution in [-0.4, -0.2) is 47.6 Å². The molecule has 3 fully saturated rings. The summed E-state index contributed by atoms with van der Waals surface area (Å²) in [6, 6.07) is 51.4. The van der Waals surface area contributed by atoms with Gasteiger partial charge in [-0.25, -0.2) is 0 Å². The third kappa shape index (κ3) is 31.8. The normalized spacial score (nSPS) is 15.5. The predicted molar refractivity (Wildman–Crippen MR) is 509 cm³/mol. The standard InChI is InChI=1S/C24H26N.C23H24N.C22H22N.3C14H26O2.3Ir/c1-17-13-18(2)15-21(14-17)23-12-11-22-20(9-6-10-24(22)25-23)16-19-7-4-3-5-8-19;1-16-12-17(2)14-20(13-16)22-11-10-21-19(8-5-9-23(21)24-22)15-18-6-3-4-7-18;1-15-11-16(2)13-19(12-15)21-10-9-20-18(14-17-5-3-6-17)7-4-8-22(20)23-21;3*1-6-11(7-2)13(15)10(5)14(16)12(8-3)9-4;;;/h6,9-14,19H,3-5,7-8,16H2,1-2H3;5,8-13,18H,3-4,6-7,15H2,1-2H3;4,7-12,17H,3,5-6,14H2,1-2H3;3*11-12,15H,6-9H2,1-5H3;;;/q3*-1;;;;;;/i3*2D3;;;;;;. The minimum atomic E-state index is -2.16. The number of allylic oxidation sites excluding steroid dienone is 6. The maximum atomic E-state index is 12.1. The van der Waals surface area contributed by atoms with Gasteiger partial charge in [-0.3, -0.25) is 29.3 Å². The fourth-order valence-corrected chi connectivity index (χ4v) is 17.7. The van der Waals surface area contributed by atoms with Crippen LogP contribution < -0.4 is 0 Å². The van der Waals surface area contributed by atoms with Gasteiger partial charge in [-0.05, 0) is 187 Å². The fraction of sp³-hybridized carbons (Fsp3) is 0.514. The Balaban J connectivity index is 0.000000336. The first-order valence-corrected chi connectivity index (χ1v) is 45.9. The molecule has 6 aromatic carbocycles. The molecule has 3 aromatic heterocycles. The van der Waals surface area contributed by atoms with E-state index in [9.17, 15) is 29.7 Å². The van der Waals surface area contributed by atoms with Gasteiger partial charge in [-0.2, -0.15) is 0 Å². The van der Waals surface area contributed by atoms with Crippen molar-refractivity contribution < 1.29 is 102 Å². The van der Waals surface area contributed by atoms with E-state index in [2.05, 4.69) is 72.8 Å². The van der Waals surface area contributed by atoms with Crippen molar-refractivity contribution in [3.8, 4) is 33.8 Å². The van der Waals surface area contributed by atoms with Crippen LogP contribution in [0.5, 0.6) is 0 Å². The Kier molecular flexibility index (Phi) is 42.4. The second kappa shape index (κ2) is 55.7. The van der Waals surface area contributed by atoms with Crippen molar-refractivity contribution in [3.05, 3.63) is 230 Å². The quantitative estimate of drug-likeness (QED) is 0.0227. The number of nitrogens with zero attached hydrogens (tertiary/aromatic N) is 3. The van der Waals surface area contributed by atoms with Gasteiger partial charge in [0.2, 0.25) is 0 Å². The molecule has 0 spiro atoms. The van der Waals surface area contributed by atoms with Crippen molar-refractivity contribution in [2.24, 2.45) is 53.3 Å². The van der Waals surface area contributed by atoms with Crippen LogP contribution in [0.3, 0.4) is 0 Å². The molecule has 3 radical (unpaired) electrons. The third-order valence-corrected chi connectivity index (χ3v) is 25.7. The van der Waals surface area contributed by atoms with Gasteiger partial charge in [-0.15, -0.1) is 105 Å². The van der Waals surface area contributed by atoms with E-state index in [1.165, 1.54) is 110 Å². The Morgan fingerprint density at radius 2 is 0.577 bits per heavy atom. The minimum Gasteiger partial charge on any atom is -0.512 e. The Labute approximate surface area is 796 Å². The zero-order valence-corrected chi connectivity index (χ0v) is 84.5. The van der Waals surface area contributed by atoms with E-state index < -0.39 is 20.6 Å². The van der Waals surface area contributed by atoms with E-state index in [1.54, 1.807) is 39.0 Å². The van der Waals surface area contributed by atoms with Crippen molar-refractivity contribution in [2.45, 2.75) is 319 Å². The topological polar surface area (TPSA) is 151 Å². The second-order valence-corrected chi connectivity index (χ2v) is 34.3. The maximum Gasteiger partial charge on any atom is 0.164 e. The molecule has 0 unspecified atom stereocenters. The van der Waals surface area contributed by atoms with Gasteiger partial charge in [0.15, 0.2) is 17.3 Å². The number of hydrogen-bond donors (Lipinski definition) is 3. The molecule has 0 bridgehead atoms. The number of rotatable bonds is 30. The minimum absolute atomic E-state index is 0. The summed E-state index contributed by atoms with van der Waals surface area (Å²) in [5.41, 5.74) is 16.7. The number of fused-ring (bicyclic) bond motifs is 3. The van der Waals surface area contributed by atoms with Gasteiger partial charge in [0.25, 0.3) is 0 Å². The van der Waals surface area contributed by atoms with Crippen LogP contribution in [0, 0.1) is 113 Å². The molecule has 9 aromatic rings. The van der Waals surface area contributed by atoms with Gasteiger partial charge in [0, 0.05) is 141 Å². The smallest absolute Gasteiger partial charge is 0.164 e. The summed E-state index contributed by atoms with van der Waals surface area (Å²) in [5.74, 6) is 4.28. The average molecular weight is 2210 g/mol. The first-order valence-electron chi connectivity index (χ1n) is 50.4. The molecule has 0 aliphatic heterocycles. The summed E-state index contributed by atoms with van der Waals surface area (Å²) in [7, 11) is 0. The molecule has 12 heteroatoms. The number of aromatic nitrogens is 3. The molecule has 3 aliphatic rings. The first-order chi connectivity index (χ1) is 61.3. The van der Waals surface area contributed by atoms with Crippen LogP contribution in [0.15, 0.2) is 161 Å². The van der Waals surface area contributed by atoms with Crippen molar-refractivity contribution in [1.82, 2.24) is 15.0 Å². The monoisotopic (exact) mass is 2210 g/mol. The van der Waals surface area contributed by atoms with E-state index in [1.807, 2.05) is 158 Å². The molecule has 0 atom stereocenters. The summed E-state index contributed by atoms with van der Waals surface area (Å²) in [5, 5.41) is 33.8. The Morgan fingerprint density at radius 1 is 0.341 bits per heavy atom. The van der Waals surface area contributed by atoms with Gasteiger partial charge >= 0.3 is 0 Å². The molecule has 3 N–H and O–H groups in total. The first kappa shape index (κ1) is 93.8. The number of hydrogen-bond acceptors (Lipinski definition) is 9. The van der Waals surface area contributed by atoms with Crippen molar-refractivity contribution in [2.75, 3.05) is 0 Å². The molecule has 3 aliphatic carbocycles. The van der Waals surface area contributed by atoms with Crippen LogP contribution >= 0.6 is 0 Å². The average Bonchev–Trinajstić information content (AvgIpc) is 0.862. The molecule has 0 amide bonds. The van der Waals surface area contributed by atoms with E-state index in [-0.39, 0.29) is 130 Å². The van der Waals surface area contributed by atoms with E-state index >= 15 is 0 Å². The number of pyridine rings is 3. The van der Waals surface area contributed by atoms with E-state index in [0.29, 0.717) is 34.0 Å². The molecule has 3 saturated carbocycles. The SMILES string of the molecule is CCC(CC)C(=O)C(C)=C(O)C(CC)CC.CCC(CC)C(=O)C(C)=C(O)C(CC)CC.CCC(CC)C(=O)C(C)=C(O)C(CC)CC.[2H]C([2H])([2H])c1[c-]c(-c2ccc3c(CC4CCC4)cccc3n2)cc(C)c1.[2H]C([2H])([2H])c1[c-]c(-c2ccc3c(CC4CCCC4)cccc3n2)cc(C)c1.[2H]C([2H])([2H])c1[c-]c(-c2ccc3c(CC4CCCCC4)cccc3n2)cc(C)c1.[Ir].[Ir].[Ir]. The number of aliphatic hydroxyl groups excluding tert-OH is 3. The zero-order valence-electron chi connectivity index (χ0n) is 86.3. The van der Waals surface area contributed by atoms with Gasteiger partial charge < -0.3 is 15.3 Å². The van der Waals surface area contributed by atoms with E-state index in [0.717, 1.165) is 181 Å². The Morgan fingerprint density at radius 3 is 0.797 bits per heavy atom. The zero-order chi connectivity index (χ0) is 95.2. The van der Waals surface area contributed by atoms with Crippen LogP contribution in [0.4, 0.5) is 0 Å². The molecular formula is C111H150Ir3N3O6-3. The second-order valence-electron chi connectivity index (χ2n) is 34.3. The molecular weight excluding hydrogens is 2050 g/mol. The number of ketones is 3. The Bertz CT molecular complexity index is 5100. The van der Waals surface area contributed by atoms with Crippen molar-refractivity contribution >= 4 is 50.1 Å². The number of carbonyl (C=O) groups excluding carboxylic acids is 3. The van der Waals surface area contributed by atoms with Crippen LogP contribution in [0.2, 0.25) is 0 Å². The molecule has 675 valence electrons. The number of aliphatic hydroxyl groups is 3. The summed E-state index contributed by atoms with van der Waals surface area (Å²) in [4.78, 5) is 50.7. The van der Waals surface area contributed by atoms with Crippen molar-refractivity contribution in [1.29, 1.82) is 0 Å². The third-order valence-electron chi connectivity index (χ3n) is 25.7. The largest absolute Gasteiger partial charge is 0.512 e. The van der Waals surface area contributed by atoms with Gasteiger partial charge in [0.1, 0.15) is 17.3 Å². The van der Waals surface area contributed by atoms with Crippen LogP contribution in [0.1, 0.15) is 320 Å².